The predicted molar refractivity (Wildman–Crippen MR) is 112 cm³/mol. The average Bonchev–Trinajstić information content (AvgIpc) is 3.28. The van der Waals surface area contributed by atoms with Gasteiger partial charge in [-0.25, -0.2) is 14.5 Å². The lowest BCUT2D eigenvalue weighted by atomic mass is 10.1. The first-order valence-electron chi connectivity index (χ1n) is 9.76. The molecular weight excluding hydrogens is 425 g/mol. The zero-order valence-corrected chi connectivity index (χ0v) is 17.1. The van der Waals surface area contributed by atoms with Gasteiger partial charge in [0.25, 0.3) is 0 Å². The van der Waals surface area contributed by atoms with Gasteiger partial charge in [-0.05, 0) is 42.3 Å². The van der Waals surface area contributed by atoms with Gasteiger partial charge in [-0.3, -0.25) is 4.79 Å². The van der Waals surface area contributed by atoms with Gasteiger partial charge in [0.05, 0.1) is 17.7 Å². The molecule has 32 heavy (non-hydrogen) atoms. The van der Waals surface area contributed by atoms with Crippen LogP contribution in [0.25, 0.3) is 5.69 Å². The van der Waals surface area contributed by atoms with E-state index in [0.717, 1.165) is 29.8 Å². The van der Waals surface area contributed by atoms with E-state index in [1.54, 1.807) is 24.3 Å². The number of aromatic nitrogens is 3. The molecule has 0 spiro atoms. The molecule has 8 nitrogen and oxygen atoms in total. The summed E-state index contributed by atoms with van der Waals surface area (Å²) in [6.45, 7) is 2.50. The maximum Gasteiger partial charge on any atom is 0.418 e. The Morgan fingerprint density at radius 1 is 1.03 bits per heavy atom. The zero-order valence-electron chi connectivity index (χ0n) is 17.1. The number of rotatable bonds is 7. The highest BCUT2D eigenvalue weighted by molar-refractivity contribution is 5.93. The van der Waals surface area contributed by atoms with Crippen molar-refractivity contribution in [2.24, 2.45) is 0 Å². The number of halogens is 3. The maximum atomic E-state index is 13.5. The number of urea groups is 1. The smallest absolute Gasteiger partial charge is 0.338 e. The highest BCUT2D eigenvalue weighted by Gasteiger charge is 2.34. The van der Waals surface area contributed by atoms with Gasteiger partial charge in [-0.15, -0.1) is 0 Å². The third kappa shape index (κ3) is 6.06. The Bertz CT molecular complexity index is 1070. The first-order valence-corrected chi connectivity index (χ1v) is 9.76. The lowest BCUT2D eigenvalue weighted by molar-refractivity contribution is -0.137. The minimum absolute atomic E-state index is 0.0112. The van der Waals surface area contributed by atoms with Gasteiger partial charge in [0.2, 0.25) is 5.91 Å². The van der Waals surface area contributed by atoms with Gasteiger partial charge < -0.3 is 16.0 Å². The second-order valence-electron chi connectivity index (χ2n) is 6.87. The zero-order chi connectivity index (χ0) is 23.1. The average molecular weight is 446 g/mol. The summed E-state index contributed by atoms with van der Waals surface area (Å²) in [6.07, 6.45) is -1.58. The largest absolute Gasteiger partial charge is 0.418 e. The molecule has 0 fully saturated rings. The fourth-order valence-electron chi connectivity index (χ4n) is 2.88. The molecule has 0 aliphatic heterocycles. The molecule has 3 rings (SSSR count). The molecule has 2 aromatic carbocycles. The highest BCUT2D eigenvalue weighted by atomic mass is 19.4. The van der Waals surface area contributed by atoms with Gasteiger partial charge in [0, 0.05) is 17.9 Å². The van der Waals surface area contributed by atoms with Gasteiger partial charge >= 0.3 is 12.2 Å². The Morgan fingerprint density at radius 3 is 2.38 bits per heavy atom. The van der Waals surface area contributed by atoms with E-state index in [0.29, 0.717) is 17.8 Å². The summed E-state index contributed by atoms with van der Waals surface area (Å²) in [5.74, 6) is -0.479. The van der Waals surface area contributed by atoms with Crippen LogP contribution in [0.4, 0.5) is 29.3 Å². The number of carbonyl (C=O) groups is 2. The Balaban J connectivity index is 1.65. The summed E-state index contributed by atoms with van der Waals surface area (Å²) >= 11 is 0. The topological polar surface area (TPSA) is 101 Å². The summed E-state index contributed by atoms with van der Waals surface area (Å²) in [6, 6.07) is 9.71. The molecule has 0 bridgehead atoms. The van der Waals surface area contributed by atoms with Crippen LogP contribution in [0.1, 0.15) is 24.5 Å². The molecule has 0 radical (unpaired) electrons. The molecule has 168 valence electrons. The fourth-order valence-corrected chi connectivity index (χ4v) is 2.88. The lowest BCUT2D eigenvalue weighted by Gasteiger charge is -2.15. The van der Waals surface area contributed by atoms with Crippen molar-refractivity contribution in [1.29, 1.82) is 0 Å². The molecule has 3 N–H and O–H groups in total. The molecule has 0 unspecified atom stereocenters. The maximum absolute atomic E-state index is 13.5. The lowest BCUT2D eigenvalue weighted by Crippen LogP contribution is -2.29. The van der Waals surface area contributed by atoms with Crippen molar-refractivity contribution in [2.75, 3.05) is 17.2 Å². The van der Waals surface area contributed by atoms with E-state index in [2.05, 4.69) is 26.0 Å². The van der Waals surface area contributed by atoms with E-state index in [-0.39, 0.29) is 23.8 Å². The number of carbonyl (C=O) groups excluding carboxylic acids is 2. The number of hydrogen-bond acceptors (Lipinski definition) is 4. The van der Waals surface area contributed by atoms with Crippen molar-refractivity contribution in [1.82, 2.24) is 20.1 Å². The van der Waals surface area contributed by atoms with Crippen LogP contribution < -0.4 is 16.0 Å². The third-order valence-corrected chi connectivity index (χ3v) is 4.36. The van der Waals surface area contributed by atoms with Crippen LogP contribution in [-0.4, -0.2) is 33.2 Å². The summed E-state index contributed by atoms with van der Waals surface area (Å²) in [5.41, 5.74) is 0.0623. The first-order chi connectivity index (χ1) is 15.3. The van der Waals surface area contributed by atoms with Crippen LogP contribution >= 0.6 is 0 Å². The highest BCUT2D eigenvalue weighted by Crippen LogP contribution is 2.35. The van der Waals surface area contributed by atoms with E-state index in [9.17, 15) is 22.8 Å². The summed E-state index contributed by atoms with van der Waals surface area (Å²) < 4.78 is 41.5. The summed E-state index contributed by atoms with van der Waals surface area (Å²) in [4.78, 5) is 27.7. The van der Waals surface area contributed by atoms with Crippen molar-refractivity contribution >= 4 is 23.3 Å². The van der Waals surface area contributed by atoms with E-state index in [1.165, 1.54) is 12.1 Å². The Kier molecular flexibility index (Phi) is 7.08. The summed E-state index contributed by atoms with van der Waals surface area (Å²) in [5, 5.41) is 11.6. The van der Waals surface area contributed by atoms with E-state index in [4.69, 9.17) is 0 Å². The molecule has 1 aromatic heterocycles. The first kappa shape index (κ1) is 22.8. The van der Waals surface area contributed by atoms with E-state index in [1.807, 2.05) is 6.92 Å². The number of nitrogens with zero attached hydrogens (tertiary/aromatic N) is 3. The molecule has 0 saturated carbocycles. The molecule has 0 aliphatic carbocycles. The van der Waals surface area contributed by atoms with Crippen molar-refractivity contribution in [3.8, 4) is 5.69 Å². The van der Waals surface area contributed by atoms with Crippen molar-refractivity contribution in [3.63, 3.8) is 0 Å². The molecule has 1 heterocycles. The minimum atomic E-state index is -4.64. The van der Waals surface area contributed by atoms with Crippen LogP contribution in [0, 0.1) is 0 Å². The van der Waals surface area contributed by atoms with Crippen LogP contribution in [0.3, 0.4) is 0 Å². The van der Waals surface area contributed by atoms with Crippen molar-refractivity contribution < 1.29 is 22.8 Å². The number of amides is 3. The van der Waals surface area contributed by atoms with Gasteiger partial charge in [0.1, 0.15) is 12.7 Å². The number of hydrogen-bond donors (Lipinski definition) is 3. The van der Waals surface area contributed by atoms with Gasteiger partial charge in [0.15, 0.2) is 0 Å². The van der Waals surface area contributed by atoms with E-state index < -0.39 is 17.6 Å². The standard InChI is InChI=1S/C21H21F3N6O2/c1-2-9-26-20(32)29-15-5-3-14(4-6-15)10-19(31)28-16-7-8-18(30-13-25-12-27-30)17(11-16)21(22,23)24/h3-8,11-13H,2,9-10H2,1H3,(H,28,31)(H2,26,29,32). The normalized spacial score (nSPS) is 11.1. The Labute approximate surface area is 181 Å². The molecule has 0 aliphatic rings. The molecule has 0 atom stereocenters. The van der Waals surface area contributed by atoms with Crippen LogP contribution in [-0.2, 0) is 17.4 Å². The van der Waals surface area contributed by atoms with E-state index >= 15 is 0 Å². The van der Waals surface area contributed by atoms with Crippen molar-refractivity contribution in [3.05, 3.63) is 66.2 Å². The fraction of sp³-hybridized carbons (Fsp3) is 0.238. The monoisotopic (exact) mass is 446 g/mol. The van der Waals surface area contributed by atoms with Crippen LogP contribution in [0.15, 0.2) is 55.1 Å². The Hall–Kier alpha value is -3.89. The molecule has 3 aromatic rings. The SMILES string of the molecule is CCCNC(=O)Nc1ccc(CC(=O)Nc2ccc(-n3cncn3)c(C(F)(F)F)c2)cc1. The minimum Gasteiger partial charge on any atom is -0.338 e. The second-order valence-corrected chi connectivity index (χ2v) is 6.87. The number of alkyl halides is 3. The number of anilines is 2. The van der Waals surface area contributed by atoms with Crippen molar-refractivity contribution in [2.45, 2.75) is 25.9 Å². The van der Waals surface area contributed by atoms with Gasteiger partial charge in [-0.2, -0.15) is 18.3 Å². The summed E-state index contributed by atoms with van der Waals surface area (Å²) in [7, 11) is 0. The molecule has 11 heteroatoms. The van der Waals surface area contributed by atoms with Crippen LogP contribution in [0.2, 0.25) is 0 Å². The van der Waals surface area contributed by atoms with Crippen LogP contribution in [0.5, 0.6) is 0 Å². The third-order valence-electron chi connectivity index (χ3n) is 4.36. The quantitative estimate of drug-likeness (QED) is 0.511. The molecule has 0 saturated heterocycles. The predicted octanol–water partition coefficient (Wildman–Crippen LogP) is 4.00. The molecule has 3 amide bonds. The van der Waals surface area contributed by atoms with Gasteiger partial charge in [-0.1, -0.05) is 19.1 Å². The Morgan fingerprint density at radius 2 is 1.75 bits per heavy atom. The number of nitrogens with one attached hydrogen (secondary N) is 3. The number of benzene rings is 2. The second kappa shape index (κ2) is 9.94. The molecular formula is C21H21F3N6O2.